The minimum atomic E-state index is -0.575. The third-order valence-electron chi connectivity index (χ3n) is 6.73. The highest BCUT2D eigenvalue weighted by Crippen LogP contribution is 2.39. The van der Waals surface area contributed by atoms with Crippen molar-refractivity contribution in [2.24, 2.45) is 17.8 Å². The minimum absolute atomic E-state index is 0.0829. The molecule has 0 N–H and O–H groups in total. The molecule has 0 aromatic heterocycles. The highest BCUT2D eigenvalue weighted by Gasteiger charge is 2.48. The number of hydrogen-bond donors (Lipinski definition) is 0. The second-order valence-electron chi connectivity index (χ2n) is 8.92. The first kappa shape index (κ1) is 22.5. The maximum atomic E-state index is 12.9. The van der Waals surface area contributed by atoms with E-state index in [0.29, 0.717) is 29.8 Å². The SMILES string of the molecule is Cc1cc(OC(=O)[C@H]2CC(=O)N(c3ccc(Br)cc3)C2)ccc1N1C(=O)[C@H]2CC=CC[C@H]2C1=O. The van der Waals surface area contributed by atoms with Gasteiger partial charge in [0.05, 0.1) is 23.4 Å². The number of anilines is 2. The topological polar surface area (TPSA) is 84.0 Å². The number of imide groups is 1. The molecule has 2 aliphatic heterocycles. The molecule has 2 aromatic rings. The van der Waals surface area contributed by atoms with Crippen LogP contribution in [0.5, 0.6) is 5.75 Å². The fourth-order valence-electron chi connectivity index (χ4n) is 4.92. The van der Waals surface area contributed by atoms with Crippen molar-refractivity contribution < 1.29 is 23.9 Å². The van der Waals surface area contributed by atoms with E-state index in [1.54, 1.807) is 30.0 Å². The molecule has 0 saturated carbocycles. The van der Waals surface area contributed by atoms with E-state index in [-0.39, 0.29) is 42.5 Å². The van der Waals surface area contributed by atoms with Crippen LogP contribution in [0.1, 0.15) is 24.8 Å². The second kappa shape index (κ2) is 8.83. The summed E-state index contributed by atoms with van der Waals surface area (Å²) in [4.78, 5) is 53.9. The number of aryl methyl sites for hydroxylation is 1. The lowest BCUT2D eigenvalue weighted by molar-refractivity contribution is -0.139. The first-order valence-corrected chi connectivity index (χ1v) is 12.0. The molecule has 3 atom stereocenters. The lowest BCUT2D eigenvalue weighted by atomic mass is 9.85. The first-order valence-electron chi connectivity index (χ1n) is 11.2. The molecule has 7 nitrogen and oxygen atoms in total. The Bertz CT molecular complexity index is 1200. The molecule has 2 aromatic carbocycles. The number of rotatable bonds is 4. The smallest absolute Gasteiger partial charge is 0.316 e. The lowest BCUT2D eigenvalue weighted by Gasteiger charge is -2.19. The van der Waals surface area contributed by atoms with Crippen LogP contribution in [0.4, 0.5) is 11.4 Å². The van der Waals surface area contributed by atoms with E-state index in [1.165, 1.54) is 4.90 Å². The van der Waals surface area contributed by atoms with Crippen LogP contribution in [0.15, 0.2) is 59.1 Å². The summed E-state index contributed by atoms with van der Waals surface area (Å²) in [6, 6.07) is 12.2. The molecule has 8 heteroatoms. The number of carbonyl (C=O) groups excluding carboxylic acids is 4. The summed E-state index contributed by atoms with van der Waals surface area (Å²) >= 11 is 3.38. The highest BCUT2D eigenvalue weighted by molar-refractivity contribution is 9.10. The van der Waals surface area contributed by atoms with Crippen molar-refractivity contribution in [3.05, 3.63) is 64.7 Å². The van der Waals surface area contributed by atoms with E-state index < -0.39 is 11.9 Å². The highest BCUT2D eigenvalue weighted by atomic mass is 79.9. The van der Waals surface area contributed by atoms with Crippen LogP contribution in [0.25, 0.3) is 0 Å². The number of esters is 1. The number of benzene rings is 2. The molecule has 0 radical (unpaired) electrons. The molecule has 34 heavy (non-hydrogen) atoms. The summed E-state index contributed by atoms with van der Waals surface area (Å²) in [7, 11) is 0. The Kier molecular flexibility index (Phi) is 5.85. The van der Waals surface area contributed by atoms with Crippen LogP contribution in [0, 0.1) is 24.7 Å². The molecule has 3 aliphatic rings. The van der Waals surface area contributed by atoms with Gasteiger partial charge in [0.15, 0.2) is 0 Å². The lowest BCUT2D eigenvalue weighted by Crippen LogP contribution is -2.31. The summed E-state index contributed by atoms with van der Waals surface area (Å²) in [6.07, 6.45) is 5.16. The van der Waals surface area contributed by atoms with E-state index in [0.717, 1.165) is 10.2 Å². The van der Waals surface area contributed by atoms with Gasteiger partial charge in [-0.15, -0.1) is 0 Å². The third kappa shape index (κ3) is 3.96. The number of carbonyl (C=O) groups is 4. The van der Waals surface area contributed by atoms with Gasteiger partial charge < -0.3 is 9.64 Å². The van der Waals surface area contributed by atoms with E-state index in [4.69, 9.17) is 4.74 Å². The number of allylic oxidation sites excluding steroid dienone is 2. The van der Waals surface area contributed by atoms with Crippen molar-refractivity contribution in [3.8, 4) is 5.75 Å². The van der Waals surface area contributed by atoms with Crippen molar-refractivity contribution in [2.45, 2.75) is 26.2 Å². The fourth-order valence-corrected chi connectivity index (χ4v) is 5.18. The quantitative estimate of drug-likeness (QED) is 0.260. The van der Waals surface area contributed by atoms with E-state index in [9.17, 15) is 19.2 Å². The monoisotopic (exact) mass is 522 g/mol. The van der Waals surface area contributed by atoms with E-state index >= 15 is 0 Å². The fraction of sp³-hybridized carbons (Fsp3) is 0.308. The molecule has 0 unspecified atom stereocenters. The van der Waals surface area contributed by atoms with Gasteiger partial charge in [0.1, 0.15) is 5.75 Å². The number of ether oxygens (including phenoxy) is 1. The van der Waals surface area contributed by atoms with Crippen molar-refractivity contribution in [3.63, 3.8) is 0 Å². The van der Waals surface area contributed by atoms with Gasteiger partial charge in [-0.05, 0) is 67.8 Å². The Balaban J connectivity index is 1.28. The Morgan fingerprint density at radius 2 is 1.62 bits per heavy atom. The summed E-state index contributed by atoms with van der Waals surface area (Å²) < 4.78 is 6.48. The maximum Gasteiger partial charge on any atom is 0.316 e. The molecular formula is C26H23BrN2O5. The molecule has 3 amide bonds. The first-order chi connectivity index (χ1) is 16.3. The molecule has 0 spiro atoms. The summed E-state index contributed by atoms with van der Waals surface area (Å²) in [5.41, 5.74) is 1.92. The average molecular weight is 523 g/mol. The molecule has 174 valence electrons. The zero-order chi connectivity index (χ0) is 24.0. The molecule has 2 fully saturated rings. The van der Waals surface area contributed by atoms with Crippen molar-refractivity contribution in [1.82, 2.24) is 0 Å². The normalized spacial score (nSPS) is 24.1. The van der Waals surface area contributed by atoms with Crippen LogP contribution in [-0.4, -0.2) is 30.2 Å². The predicted molar refractivity (Wildman–Crippen MR) is 129 cm³/mol. The third-order valence-corrected chi connectivity index (χ3v) is 7.26. The predicted octanol–water partition coefficient (Wildman–Crippen LogP) is 4.17. The van der Waals surface area contributed by atoms with Crippen LogP contribution in [-0.2, 0) is 19.2 Å². The standard InChI is InChI=1S/C26H23BrN2O5/c1-15-12-19(10-11-22(15)29-24(31)20-4-2-3-5-21(20)25(29)32)34-26(33)16-13-23(30)28(14-16)18-8-6-17(27)7-9-18/h2-3,6-12,16,20-21H,4-5,13-14H2,1H3/t16-,20-,21+/m0/s1. The minimum Gasteiger partial charge on any atom is -0.426 e. The Hall–Kier alpha value is -3.26. The molecule has 2 heterocycles. The molecule has 5 rings (SSSR count). The Morgan fingerprint density at radius 3 is 2.24 bits per heavy atom. The van der Waals surface area contributed by atoms with Crippen LogP contribution < -0.4 is 14.5 Å². The van der Waals surface area contributed by atoms with Gasteiger partial charge in [-0.2, -0.15) is 0 Å². The number of hydrogen-bond acceptors (Lipinski definition) is 5. The average Bonchev–Trinajstić information content (AvgIpc) is 3.33. The second-order valence-corrected chi connectivity index (χ2v) is 9.83. The molecule has 2 saturated heterocycles. The molecule has 1 aliphatic carbocycles. The van der Waals surface area contributed by atoms with Crippen molar-refractivity contribution in [1.29, 1.82) is 0 Å². The van der Waals surface area contributed by atoms with E-state index in [1.807, 2.05) is 36.4 Å². The van der Waals surface area contributed by atoms with Gasteiger partial charge in [0.25, 0.3) is 0 Å². The molecular weight excluding hydrogens is 500 g/mol. The molecule has 0 bridgehead atoms. The van der Waals surface area contributed by atoms with Gasteiger partial charge in [-0.1, -0.05) is 28.1 Å². The maximum absolute atomic E-state index is 12.9. The van der Waals surface area contributed by atoms with Gasteiger partial charge in [0.2, 0.25) is 17.7 Å². The van der Waals surface area contributed by atoms with Crippen LogP contribution in [0.2, 0.25) is 0 Å². The van der Waals surface area contributed by atoms with Crippen molar-refractivity contribution in [2.75, 3.05) is 16.3 Å². The van der Waals surface area contributed by atoms with Crippen LogP contribution in [0.3, 0.4) is 0 Å². The number of amides is 3. The number of halogens is 1. The summed E-state index contributed by atoms with van der Waals surface area (Å²) in [5, 5.41) is 0. The zero-order valence-electron chi connectivity index (χ0n) is 18.6. The van der Waals surface area contributed by atoms with E-state index in [2.05, 4.69) is 15.9 Å². The largest absolute Gasteiger partial charge is 0.426 e. The Morgan fingerprint density at radius 1 is 0.971 bits per heavy atom. The zero-order valence-corrected chi connectivity index (χ0v) is 20.2. The Labute approximate surface area is 205 Å². The van der Waals surface area contributed by atoms with Gasteiger partial charge in [0, 0.05) is 23.1 Å². The summed E-state index contributed by atoms with van der Waals surface area (Å²) in [5.74, 6) is -1.82. The number of nitrogens with zero attached hydrogens (tertiary/aromatic N) is 2. The number of fused-ring (bicyclic) bond motifs is 1. The van der Waals surface area contributed by atoms with Gasteiger partial charge >= 0.3 is 5.97 Å². The van der Waals surface area contributed by atoms with Crippen molar-refractivity contribution >= 4 is 51.0 Å². The van der Waals surface area contributed by atoms with Crippen LogP contribution >= 0.6 is 15.9 Å². The van der Waals surface area contributed by atoms with Gasteiger partial charge in [-0.3, -0.25) is 19.2 Å². The summed E-state index contributed by atoms with van der Waals surface area (Å²) in [6.45, 7) is 2.03. The van der Waals surface area contributed by atoms with Gasteiger partial charge in [-0.25, -0.2) is 4.90 Å².